The number of rotatable bonds is 6. The third kappa shape index (κ3) is 4.35. The van der Waals surface area contributed by atoms with Gasteiger partial charge in [-0.25, -0.2) is 4.98 Å². The van der Waals surface area contributed by atoms with Crippen molar-refractivity contribution in [1.82, 2.24) is 20.6 Å². The Bertz CT molecular complexity index is 371. The van der Waals surface area contributed by atoms with Gasteiger partial charge in [0.25, 0.3) is 0 Å². The average Bonchev–Trinajstić information content (AvgIpc) is 2.97. The largest absolute Gasteiger partial charge is 0.347 e. The van der Waals surface area contributed by atoms with Gasteiger partial charge in [0.1, 0.15) is 5.82 Å². The van der Waals surface area contributed by atoms with E-state index in [-0.39, 0.29) is 11.9 Å². The van der Waals surface area contributed by atoms with Gasteiger partial charge >= 0.3 is 0 Å². The second-order valence-corrected chi connectivity index (χ2v) is 5.23. The molecule has 2 heterocycles. The van der Waals surface area contributed by atoms with Gasteiger partial charge in [-0.15, -0.1) is 0 Å². The molecule has 0 aromatic carbocycles. The van der Waals surface area contributed by atoms with Crippen molar-refractivity contribution in [2.75, 3.05) is 13.1 Å². The van der Waals surface area contributed by atoms with Gasteiger partial charge in [0.15, 0.2) is 0 Å². The fourth-order valence-corrected chi connectivity index (χ4v) is 2.60. The predicted octanol–water partition coefficient (Wildman–Crippen LogP) is 1.76. The molecule has 0 aliphatic carbocycles. The van der Waals surface area contributed by atoms with Crippen LogP contribution in [-0.4, -0.2) is 29.0 Å². The van der Waals surface area contributed by atoms with Crippen molar-refractivity contribution in [3.8, 4) is 0 Å². The van der Waals surface area contributed by atoms with Crippen molar-refractivity contribution in [1.29, 1.82) is 0 Å². The predicted molar refractivity (Wildman–Crippen MR) is 74.6 cm³/mol. The third-order valence-corrected chi connectivity index (χ3v) is 3.83. The molecule has 1 aliphatic rings. The van der Waals surface area contributed by atoms with Crippen molar-refractivity contribution < 1.29 is 4.79 Å². The van der Waals surface area contributed by atoms with Gasteiger partial charge in [-0.1, -0.05) is 6.92 Å². The molecule has 1 aromatic heterocycles. The molecular formula is C14H24N4O. The smallest absolute Gasteiger partial charge is 0.220 e. The summed E-state index contributed by atoms with van der Waals surface area (Å²) in [6.45, 7) is 4.24. The van der Waals surface area contributed by atoms with Crippen LogP contribution in [0.1, 0.15) is 50.9 Å². The van der Waals surface area contributed by atoms with E-state index in [2.05, 4.69) is 27.5 Å². The highest BCUT2D eigenvalue weighted by Crippen LogP contribution is 2.18. The van der Waals surface area contributed by atoms with Crippen molar-refractivity contribution >= 4 is 5.91 Å². The minimum absolute atomic E-state index is 0.00974. The molecule has 1 aromatic rings. The second-order valence-electron chi connectivity index (χ2n) is 5.23. The number of nitrogens with zero attached hydrogens (tertiary/aromatic N) is 1. The fraction of sp³-hybridized carbons (Fsp3) is 0.714. The van der Waals surface area contributed by atoms with Crippen LogP contribution in [0.25, 0.3) is 0 Å². The van der Waals surface area contributed by atoms with E-state index in [1.54, 1.807) is 12.4 Å². The number of carbonyl (C=O) groups is 1. The normalized spacial score (nSPS) is 18.2. The number of piperidine rings is 1. The van der Waals surface area contributed by atoms with E-state index in [9.17, 15) is 4.79 Å². The van der Waals surface area contributed by atoms with Crippen LogP contribution >= 0.6 is 0 Å². The first-order chi connectivity index (χ1) is 9.29. The Morgan fingerprint density at radius 1 is 1.53 bits per heavy atom. The molecule has 0 saturated carbocycles. The zero-order chi connectivity index (χ0) is 13.5. The van der Waals surface area contributed by atoms with E-state index < -0.39 is 0 Å². The average molecular weight is 264 g/mol. The maximum atomic E-state index is 12.0. The van der Waals surface area contributed by atoms with Crippen molar-refractivity contribution in [2.24, 2.45) is 5.92 Å². The van der Waals surface area contributed by atoms with Crippen LogP contribution < -0.4 is 10.6 Å². The summed E-state index contributed by atoms with van der Waals surface area (Å²) in [5, 5.41) is 6.41. The first-order valence-electron chi connectivity index (χ1n) is 7.29. The lowest BCUT2D eigenvalue weighted by atomic mass is 9.93. The van der Waals surface area contributed by atoms with Gasteiger partial charge in [0.05, 0.1) is 6.04 Å². The fourth-order valence-electron chi connectivity index (χ4n) is 2.60. The molecule has 1 atom stereocenters. The molecular weight excluding hydrogens is 240 g/mol. The second kappa shape index (κ2) is 7.28. The number of aromatic nitrogens is 2. The Morgan fingerprint density at radius 3 is 2.95 bits per heavy atom. The lowest BCUT2D eigenvalue weighted by molar-refractivity contribution is -0.122. The summed E-state index contributed by atoms with van der Waals surface area (Å²) < 4.78 is 0. The highest BCUT2D eigenvalue weighted by atomic mass is 16.1. The number of hydrogen-bond donors (Lipinski definition) is 3. The molecule has 1 unspecified atom stereocenters. The number of nitrogens with one attached hydrogen (secondary N) is 3. The van der Waals surface area contributed by atoms with Crippen molar-refractivity contribution in [3.05, 3.63) is 18.2 Å². The molecule has 1 saturated heterocycles. The number of amides is 1. The summed E-state index contributed by atoms with van der Waals surface area (Å²) in [5.41, 5.74) is 0. The number of carbonyl (C=O) groups excluding carboxylic acids is 1. The lowest BCUT2D eigenvalue weighted by Crippen LogP contribution is -2.31. The monoisotopic (exact) mass is 264 g/mol. The molecule has 0 spiro atoms. The molecule has 0 radical (unpaired) electrons. The van der Waals surface area contributed by atoms with Crippen LogP contribution in [0.5, 0.6) is 0 Å². The third-order valence-electron chi connectivity index (χ3n) is 3.83. The van der Waals surface area contributed by atoms with Gasteiger partial charge in [0, 0.05) is 18.8 Å². The summed E-state index contributed by atoms with van der Waals surface area (Å²) >= 11 is 0. The van der Waals surface area contributed by atoms with Crippen LogP contribution in [0.15, 0.2) is 12.4 Å². The van der Waals surface area contributed by atoms with Gasteiger partial charge in [-0.2, -0.15) is 0 Å². The SMILES string of the molecule is CCC(NC(=O)CCC1CCNCC1)c1ncc[nH]1. The first-order valence-corrected chi connectivity index (χ1v) is 7.29. The van der Waals surface area contributed by atoms with E-state index in [4.69, 9.17) is 0 Å². The minimum atomic E-state index is 0.00974. The highest BCUT2D eigenvalue weighted by Gasteiger charge is 2.17. The van der Waals surface area contributed by atoms with E-state index in [0.29, 0.717) is 12.3 Å². The molecule has 1 aliphatic heterocycles. The lowest BCUT2D eigenvalue weighted by Gasteiger charge is -2.22. The molecule has 5 heteroatoms. The molecule has 2 rings (SSSR count). The van der Waals surface area contributed by atoms with Crippen LogP contribution in [0, 0.1) is 5.92 Å². The molecule has 1 fully saturated rings. The van der Waals surface area contributed by atoms with Crippen LogP contribution in [-0.2, 0) is 4.79 Å². The molecule has 3 N–H and O–H groups in total. The molecule has 1 amide bonds. The van der Waals surface area contributed by atoms with Crippen molar-refractivity contribution in [2.45, 2.75) is 45.1 Å². The summed E-state index contributed by atoms with van der Waals surface area (Å²) in [4.78, 5) is 19.3. The summed E-state index contributed by atoms with van der Waals surface area (Å²) in [7, 11) is 0. The first kappa shape index (κ1) is 14.1. The van der Waals surface area contributed by atoms with Gasteiger partial charge < -0.3 is 15.6 Å². The molecule has 19 heavy (non-hydrogen) atoms. The zero-order valence-electron chi connectivity index (χ0n) is 11.6. The minimum Gasteiger partial charge on any atom is -0.347 e. The summed E-state index contributed by atoms with van der Waals surface area (Å²) in [6.07, 6.45) is 8.39. The van der Waals surface area contributed by atoms with Gasteiger partial charge in [0.2, 0.25) is 5.91 Å². The Morgan fingerprint density at radius 2 is 2.32 bits per heavy atom. The Hall–Kier alpha value is -1.36. The van der Waals surface area contributed by atoms with Crippen LogP contribution in [0.3, 0.4) is 0 Å². The maximum Gasteiger partial charge on any atom is 0.220 e. The highest BCUT2D eigenvalue weighted by molar-refractivity contribution is 5.76. The topological polar surface area (TPSA) is 69.8 Å². The molecule has 106 valence electrons. The maximum absolute atomic E-state index is 12.0. The standard InChI is InChI=1S/C14H24N4O/c1-2-12(14-16-9-10-17-14)18-13(19)4-3-11-5-7-15-8-6-11/h9-12,15H,2-8H2,1H3,(H,16,17)(H,18,19). The zero-order valence-corrected chi connectivity index (χ0v) is 11.6. The van der Waals surface area contributed by atoms with Crippen molar-refractivity contribution in [3.63, 3.8) is 0 Å². The Kier molecular flexibility index (Phi) is 5.39. The summed E-state index contributed by atoms with van der Waals surface area (Å²) in [5.74, 6) is 1.69. The van der Waals surface area contributed by atoms with Crippen LogP contribution in [0.4, 0.5) is 0 Å². The van der Waals surface area contributed by atoms with Gasteiger partial charge in [-0.3, -0.25) is 4.79 Å². The van der Waals surface area contributed by atoms with E-state index >= 15 is 0 Å². The molecule has 5 nitrogen and oxygen atoms in total. The Balaban J connectivity index is 1.73. The number of imidazole rings is 1. The number of hydrogen-bond acceptors (Lipinski definition) is 3. The van der Waals surface area contributed by atoms with Crippen LogP contribution in [0.2, 0.25) is 0 Å². The van der Waals surface area contributed by atoms with Gasteiger partial charge in [-0.05, 0) is 44.7 Å². The Labute approximate surface area is 114 Å². The molecule has 0 bridgehead atoms. The quantitative estimate of drug-likeness (QED) is 0.733. The van der Waals surface area contributed by atoms with E-state index in [1.807, 2.05) is 0 Å². The van der Waals surface area contributed by atoms with E-state index in [0.717, 1.165) is 31.8 Å². The number of aromatic amines is 1. The summed E-state index contributed by atoms with van der Waals surface area (Å²) in [6, 6.07) is 0.00974. The number of H-pyrrole nitrogens is 1. The van der Waals surface area contributed by atoms with E-state index in [1.165, 1.54) is 12.8 Å².